The molecule has 3 nitrogen and oxygen atoms in total. The lowest BCUT2D eigenvalue weighted by atomic mass is 9.85. The van der Waals surface area contributed by atoms with Gasteiger partial charge in [0, 0.05) is 5.41 Å². The Kier molecular flexibility index (Phi) is 1.98. The molecule has 0 radical (unpaired) electrons. The molecule has 3 heteroatoms. The molecule has 1 aliphatic rings. The molecule has 1 aliphatic heterocycles. The van der Waals surface area contributed by atoms with Crippen molar-refractivity contribution >= 4 is 11.8 Å². The van der Waals surface area contributed by atoms with Gasteiger partial charge in [0.05, 0.1) is 0 Å². The minimum atomic E-state index is -0.575. The smallest absolute Gasteiger partial charge is 0.317 e. The van der Waals surface area contributed by atoms with E-state index in [-0.39, 0.29) is 17.2 Å². The van der Waals surface area contributed by atoms with Crippen LogP contribution in [0.4, 0.5) is 0 Å². The Morgan fingerprint density at radius 2 is 1.75 bits per heavy atom. The molecule has 1 fully saturated rings. The monoisotopic (exact) mass is 170 g/mol. The first-order valence-electron chi connectivity index (χ1n) is 4.08. The van der Waals surface area contributed by atoms with Crippen LogP contribution in [0.3, 0.4) is 0 Å². The molecule has 0 saturated carbocycles. The van der Waals surface area contributed by atoms with Gasteiger partial charge in [-0.05, 0) is 6.92 Å². The van der Waals surface area contributed by atoms with Crippen LogP contribution in [-0.4, -0.2) is 17.9 Å². The lowest BCUT2D eigenvalue weighted by molar-refractivity contribution is -0.148. The van der Waals surface area contributed by atoms with Crippen molar-refractivity contribution in [3.05, 3.63) is 0 Å². The van der Waals surface area contributed by atoms with E-state index in [2.05, 4.69) is 0 Å². The van der Waals surface area contributed by atoms with Crippen molar-refractivity contribution in [1.29, 1.82) is 0 Å². The van der Waals surface area contributed by atoms with Crippen molar-refractivity contribution in [1.82, 2.24) is 0 Å². The molecule has 0 spiro atoms. The minimum Gasteiger partial charge on any atom is -0.453 e. The van der Waals surface area contributed by atoms with Gasteiger partial charge in [-0.25, -0.2) is 0 Å². The van der Waals surface area contributed by atoms with E-state index < -0.39 is 12.0 Å². The van der Waals surface area contributed by atoms with Crippen molar-refractivity contribution in [2.75, 3.05) is 0 Å². The fourth-order valence-corrected chi connectivity index (χ4v) is 1.22. The summed E-state index contributed by atoms with van der Waals surface area (Å²) in [6, 6.07) is 0. The van der Waals surface area contributed by atoms with Crippen LogP contribution in [0.2, 0.25) is 0 Å². The highest BCUT2D eigenvalue weighted by Gasteiger charge is 2.46. The average Bonchev–Trinajstić information content (AvgIpc) is 2.15. The number of esters is 1. The maximum absolute atomic E-state index is 11.4. The molecule has 1 rings (SSSR count). The highest BCUT2D eigenvalue weighted by atomic mass is 16.6. The first kappa shape index (κ1) is 9.23. The molecule has 0 aromatic heterocycles. The molecule has 0 aliphatic carbocycles. The minimum absolute atomic E-state index is 0.0903. The fraction of sp³-hybridized carbons (Fsp3) is 0.778. The molecule has 68 valence electrons. The van der Waals surface area contributed by atoms with Gasteiger partial charge in [-0.2, -0.15) is 0 Å². The van der Waals surface area contributed by atoms with Crippen molar-refractivity contribution in [2.45, 2.75) is 33.8 Å². The predicted molar refractivity (Wildman–Crippen MR) is 43.5 cm³/mol. The molecular formula is C9H14O3. The van der Waals surface area contributed by atoms with E-state index in [4.69, 9.17) is 4.74 Å². The normalized spacial score (nSPS) is 30.7. The maximum atomic E-state index is 11.4. The number of ether oxygens (including phenoxy) is 1. The second-order valence-corrected chi connectivity index (χ2v) is 4.31. The van der Waals surface area contributed by atoms with Gasteiger partial charge in [0.15, 0.2) is 11.9 Å². The Balaban J connectivity index is 2.86. The molecular weight excluding hydrogens is 156 g/mol. The second-order valence-electron chi connectivity index (χ2n) is 4.31. The number of hydrogen-bond donors (Lipinski definition) is 0. The van der Waals surface area contributed by atoms with Crippen LogP contribution in [0.5, 0.6) is 0 Å². The van der Waals surface area contributed by atoms with Crippen LogP contribution in [0.15, 0.2) is 0 Å². The van der Waals surface area contributed by atoms with E-state index in [1.54, 1.807) is 6.92 Å². The third kappa shape index (κ3) is 1.36. The number of carbonyl (C=O) groups excluding carboxylic acids is 2. The van der Waals surface area contributed by atoms with Crippen LogP contribution < -0.4 is 0 Å². The van der Waals surface area contributed by atoms with E-state index in [9.17, 15) is 9.59 Å². The van der Waals surface area contributed by atoms with Crippen LogP contribution in [0, 0.1) is 11.3 Å². The first-order valence-corrected chi connectivity index (χ1v) is 4.08. The van der Waals surface area contributed by atoms with Crippen LogP contribution in [0.25, 0.3) is 0 Å². The lowest BCUT2D eigenvalue weighted by Crippen LogP contribution is -2.32. The van der Waals surface area contributed by atoms with Gasteiger partial charge in [-0.3, -0.25) is 9.59 Å². The van der Waals surface area contributed by atoms with E-state index in [0.717, 1.165) is 0 Å². The van der Waals surface area contributed by atoms with E-state index >= 15 is 0 Å². The molecule has 0 amide bonds. The molecule has 0 N–H and O–H groups in total. The summed E-state index contributed by atoms with van der Waals surface area (Å²) < 4.78 is 4.96. The van der Waals surface area contributed by atoms with Gasteiger partial charge < -0.3 is 4.74 Å². The highest BCUT2D eigenvalue weighted by molar-refractivity contribution is 6.06. The summed E-state index contributed by atoms with van der Waals surface area (Å²) in [7, 11) is 0. The maximum Gasteiger partial charge on any atom is 0.317 e. The molecule has 0 aromatic carbocycles. The van der Waals surface area contributed by atoms with E-state index in [0.29, 0.717) is 0 Å². The van der Waals surface area contributed by atoms with Crippen LogP contribution in [-0.2, 0) is 14.3 Å². The zero-order valence-corrected chi connectivity index (χ0v) is 7.88. The quantitative estimate of drug-likeness (QED) is 0.405. The summed E-state index contributed by atoms with van der Waals surface area (Å²) in [5.74, 6) is -1.05. The zero-order chi connectivity index (χ0) is 9.52. The van der Waals surface area contributed by atoms with Gasteiger partial charge >= 0.3 is 5.97 Å². The van der Waals surface area contributed by atoms with Crippen LogP contribution in [0.1, 0.15) is 27.7 Å². The Morgan fingerprint density at radius 1 is 1.25 bits per heavy atom. The van der Waals surface area contributed by atoms with E-state index in [1.807, 2.05) is 20.8 Å². The topological polar surface area (TPSA) is 43.4 Å². The Labute approximate surface area is 72.1 Å². The van der Waals surface area contributed by atoms with Crippen molar-refractivity contribution < 1.29 is 14.3 Å². The van der Waals surface area contributed by atoms with Gasteiger partial charge in [-0.15, -0.1) is 0 Å². The summed E-state index contributed by atoms with van der Waals surface area (Å²) >= 11 is 0. The van der Waals surface area contributed by atoms with Gasteiger partial charge in [-0.1, -0.05) is 20.8 Å². The molecule has 12 heavy (non-hydrogen) atoms. The number of carbonyl (C=O) groups is 2. The lowest BCUT2D eigenvalue weighted by Gasteiger charge is -2.23. The first-order chi connectivity index (χ1) is 5.34. The summed E-state index contributed by atoms with van der Waals surface area (Å²) in [6.07, 6.45) is -0.556. The highest BCUT2D eigenvalue weighted by Crippen LogP contribution is 2.30. The number of hydrogen-bond acceptors (Lipinski definition) is 3. The summed E-state index contributed by atoms with van der Waals surface area (Å²) in [5.41, 5.74) is -0.280. The zero-order valence-electron chi connectivity index (χ0n) is 7.88. The van der Waals surface area contributed by atoms with Crippen molar-refractivity contribution in [3.63, 3.8) is 0 Å². The fourth-order valence-electron chi connectivity index (χ4n) is 1.22. The van der Waals surface area contributed by atoms with Gasteiger partial charge in [0.25, 0.3) is 0 Å². The number of Topliss-reactive ketones (excluding diaryl/α,β-unsaturated/α-hetero) is 1. The standard InChI is InChI=1S/C9H14O3/c1-5-6(10)7(9(2,3)4)12-8(5)11/h5,7H,1-4H3. The summed E-state index contributed by atoms with van der Waals surface area (Å²) in [5, 5.41) is 0. The average molecular weight is 170 g/mol. The summed E-state index contributed by atoms with van der Waals surface area (Å²) in [6.45, 7) is 7.26. The largest absolute Gasteiger partial charge is 0.453 e. The number of ketones is 1. The Hall–Kier alpha value is -0.860. The number of rotatable bonds is 0. The molecule has 0 bridgehead atoms. The third-order valence-corrected chi connectivity index (χ3v) is 2.06. The molecule has 0 aromatic rings. The van der Waals surface area contributed by atoms with E-state index in [1.165, 1.54) is 0 Å². The van der Waals surface area contributed by atoms with Crippen molar-refractivity contribution in [3.8, 4) is 0 Å². The second kappa shape index (κ2) is 2.57. The Morgan fingerprint density at radius 3 is 1.92 bits per heavy atom. The SMILES string of the molecule is CC1C(=O)OC(C(C)(C)C)C1=O. The molecule has 1 heterocycles. The van der Waals surface area contributed by atoms with Gasteiger partial charge in [0.2, 0.25) is 0 Å². The molecule has 1 saturated heterocycles. The molecule has 2 unspecified atom stereocenters. The number of cyclic esters (lactones) is 1. The Bertz CT molecular complexity index is 224. The third-order valence-electron chi connectivity index (χ3n) is 2.06. The molecule has 2 atom stereocenters. The van der Waals surface area contributed by atoms with Gasteiger partial charge in [0.1, 0.15) is 5.92 Å². The van der Waals surface area contributed by atoms with Crippen LogP contribution >= 0.6 is 0 Å². The van der Waals surface area contributed by atoms with Crippen molar-refractivity contribution in [2.24, 2.45) is 11.3 Å². The predicted octanol–water partition coefficient (Wildman–Crippen LogP) is 1.16. The summed E-state index contributed by atoms with van der Waals surface area (Å²) in [4.78, 5) is 22.4.